The lowest BCUT2D eigenvalue weighted by Crippen LogP contribution is -2.41. The van der Waals surface area contributed by atoms with Crippen LogP contribution in [0.3, 0.4) is 0 Å². The van der Waals surface area contributed by atoms with Crippen LogP contribution in [0.4, 0.5) is 0 Å². The standard InChI is InChI=1S/C7H15N3O/c1-5-6(8)2-3-10(5)4-7(9)11/h5-6H,2-4,8H2,1H3,(H2,9,11). The monoisotopic (exact) mass is 157 g/mol. The van der Waals surface area contributed by atoms with E-state index < -0.39 is 0 Å². The molecule has 1 fully saturated rings. The third-order valence-corrected chi connectivity index (χ3v) is 2.30. The molecule has 64 valence electrons. The molecule has 1 amide bonds. The van der Waals surface area contributed by atoms with Crippen LogP contribution in [0.15, 0.2) is 0 Å². The van der Waals surface area contributed by atoms with E-state index in [1.165, 1.54) is 0 Å². The Kier molecular flexibility index (Phi) is 2.46. The number of hydrogen-bond donors (Lipinski definition) is 2. The molecule has 0 radical (unpaired) electrons. The van der Waals surface area contributed by atoms with E-state index in [4.69, 9.17) is 11.5 Å². The van der Waals surface area contributed by atoms with Crippen molar-refractivity contribution in [3.05, 3.63) is 0 Å². The summed E-state index contributed by atoms with van der Waals surface area (Å²) in [5.41, 5.74) is 10.8. The minimum atomic E-state index is -0.272. The lowest BCUT2D eigenvalue weighted by Gasteiger charge is -2.20. The van der Waals surface area contributed by atoms with Crippen LogP contribution in [0.25, 0.3) is 0 Å². The summed E-state index contributed by atoms with van der Waals surface area (Å²) in [6.45, 7) is 3.26. The Labute approximate surface area is 66.5 Å². The quantitative estimate of drug-likeness (QED) is 0.534. The third kappa shape index (κ3) is 1.91. The van der Waals surface area contributed by atoms with Gasteiger partial charge in [-0.2, -0.15) is 0 Å². The molecule has 0 aliphatic carbocycles. The summed E-state index contributed by atoms with van der Waals surface area (Å²) in [7, 11) is 0. The highest BCUT2D eigenvalue weighted by Gasteiger charge is 2.28. The van der Waals surface area contributed by atoms with E-state index in [9.17, 15) is 4.79 Å². The first-order valence-corrected chi connectivity index (χ1v) is 3.89. The van der Waals surface area contributed by atoms with E-state index in [1.54, 1.807) is 0 Å². The van der Waals surface area contributed by atoms with Crippen LogP contribution >= 0.6 is 0 Å². The van der Waals surface area contributed by atoms with Crippen molar-refractivity contribution in [2.24, 2.45) is 11.5 Å². The zero-order valence-corrected chi connectivity index (χ0v) is 6.79. The first kappa shape index (κ1) is 8.49. The SMILES string of the molecule is CC1C(N)CCN1CC(N)=O. The largest absolute Gasteiger partial charge is 0.369 e. The fraction of sp³-hybridized carbons (Fsp3) is 0.857. The van der Waals surface area contributed by atoms with Gasteiger partial charge in [0.2, 0.25) is 5.91 Å². The zero-order chi connectivity index (χ0) is 8.43. The maximum Gasteiger partial charge on any atom is 0.231 e. The number of hydrogen-bond acceptors (Lipinski definition) is 3. The van der Waals surface area contributed by atoms with Gasteiger partial charge in [-0.15, -0.1) is 0 Å². The van der Waals surface area contributed by atoms with E-state index in [2.05, 4.69) is 0 Å². The number of nitrogens with two attached hydrogens (primary N) is 2. The van der Waals surface area contributed by atoms with Crippen LogP contribution in [0.2, 0.25) is 0 Å². The molecule has 1 rings (SSSR count). The van der Waals surface area contributed by atoms with Crippen molar-refractivity contribution in [3.8, 4) is 0 Å². The number of carbonyl (C=O) groups is 1. The smallest absolute Gasteiger partial charge is 0.231 e. The van der Waals surface area contributed by atoms with Crippen molar-refractivity contribution in [3.63, 3.8) is 0 Å². The van der Waals surface area contributed by atoms with Crippen LogP contribution in [0.1, 0.15) is 13.3 Å². The number of amides is 1. The Morgan fingerprint density at radius 3 is 2.73 bits per heavy atom. The second kappa shape index (κ2) is 3.19. The van der Waals surface area contributed by atoms with Gasteiger partial charge in [0.15, 0.2) is 0 Å². The molecule has 0 aromatic rings. The second-order valence-corrected chi connectivity index (χ2v) is 3.13. The van der Waals surface area contributed by atoms with Gasteiger partial charge in [-0.25, -0.2) is 0 Å². The summed E-state index contributed by atoms with van der Waals surface area (Å²) < 4.78 is 0. The fourth-order valence-corrected chi connectivity index (χ4v) is 1.45. The number of carbonyl (C=O) groups excluding carboxylic acids is 1. The third-order valence-electron chi connectivity index (χ3n) is 2.30. The summed E-state index contributed by atoms with van der Waals surface area (Å²) in [6, 6.07) is 0.497. The summed E-state index contributed by atoms with van der Waals surface area (Å²) in [4.78, 5) is 12.6. The Balaban J connectivity index is 2.42. The van der Waals surface area contributed by atoms with Crippen LogP contribution < -0.4 is 11.5 Å². The maximum atomic E-state index is 10.5. The molecule has 4 N–H and O–H groups in total. The molecule has 1 heterocycles. The minimum Gasteiger partial charge on any atom is -0.369 e. The van der Waals surface area contributed by atoms with E-state index in [0.29, 0.717) is 12.6 Å². The molecule has 11 heavy (non-hydrogen) atoms. The molecule has 2 atom stereocenters. The van der Waals surface area contributed by atoms with Gasteiger partial charge < -0.3 is 11.5 Å². The van der Waals surface area contributed by atoms with E-state index >= 15 is 0 Å². The highest BCUT2D eigenvalue weighted by atomic mass is 16.1. The predicted octanol–water partition coefficient (Wildman–Crippen LogP) is -1.11. The van der Waals surface area contributed by atoms with Crippen molar-refractivity contribution in [2.75, 3.05) is 13.1 Å². The summed E-state index contributed by atoms with van der Waals surface area (Å²) in [6.07, 6.45) is 0.967. The van der Waals surface area contributed by atoms with Gasteiger partial charge >= 0.3 is 0 Å². The first-order chi connectivity index (χ1) is 5.11. The number of primary amides is 1. The topological polar surface area (TPSA) is 72.3 Å². The molecule has 0 saturated carbocycles. The van der Waals surface area contributed by atoms with Crippen LogP contribution in [0, 0.1) is 0 Å². The van der Waals surface area contributed by atoms with Crippen molar-refractivity contribution >= 4 is 5.91 Å². The van der Waals surface area contributed by atoms with Gasteiger partial charge in [-0.05, 0) is 13.3 Å². The van der Waals surface area contributed by atoms with Crippen LogP contribution in [0.5, 0.6) is 0 Å². The number of rotatable bonds is 2. The number of nitrogens with zero attached hydrogens (tertiary/aromatic N) is 1. The molecular weight excluding hydrogens is 142 g/mol. The Hall–Kier alpha value is -0.610. The first-order valence-electron chi connectivity index (χ1n) is 3.89. The van der Waals surface area contributed by atoms with Gasteiger partial charge in [-0.3, -0.25) is 9.69 Å². The molecule has 1 aliphatic heterocycles. The summed E-state index contributed by atoms with van der Waals surface area (Å²) in [5, 5.41) is 0. The summed E-state index contributed by atoms with van der Waals surface area (Å²) in [5.74, 6) is -0.272. The van der Waals surface area contributed by atoms with Crippen molar-refractivity contribution < 1.29 is 4.79 Å². The normalized spacial score (nSPS) is 32.5. The maximum absolute atomic E-state index is 10.5. The molecule has 4 nitrogen and oxygen atoms in total. The molecule has 0 bridgehead atoms. The zero-order valence-electron chi connectivity index (χ0n) is 6.79. The van der Waals surface area contributed by atoms with Crippen LogP contribution in [-0.4, -0.2) is 36.0 Å². The molecule has 2 unspecified atom stereocenters. The Bertz CT molecular complexity index is 160. The number of likely N-dealkylation sites (tertiary alicyclic amines) is 1. The van der Waals surface area contributed by atoms with E-state index in [1.807, 2.05) is 11.8 Å². The Morgan fingerprint density at radius 1 is 1.73 bits per heavy atom. The van der Waals surface area contributed by atoms with Crippen molar-refractivity contribution in [1.82, 2.24) is 4.90 Å². The van der Waals surface area contributed by atoms with Crippen molar-refractivity contribution in [1.29, 1.82) is 0 Å². The highest BCUT2D eigenvalue weighted by molar-refractivity contribution is 5.76. The van der Waals surface area contributed by atoms with E-state index in [0.717, 1.165) is 13.0 Å². The molecule has 0 aromatic carbocycles. The second-order valence-electron chi connectivity index (χ2n) is 3.13. The average molecular weight is 157 g/mol. The van der Waals surface area contributed by atoms with Gasteiger partial charge in [0.25, 0.3) is 0 Å². The minimum absolute atomic E-state index is 0.203. The lowest BCUT2D eigenvalue weighted by atomic mass is 10.2. The molecule has 1 aliphatic rings. The molecule has 4 heteroatoms. The van der Waals surface area contributed by atoms with E-state index in [-0.39, 0.29) is 11.9 Å². The molecular formula is C7H15N3O. The molecule has 0 spiro atoms. The molecule has 0 aromatic heterocycles. The predicted molar refractivity (Wildman–Crippen MR) is 42.8 cm³/mol. The van der Waals surface area contributed by atoms with Gasteiger partial charge in [0.1, 0.15) is 0 Å². The van der Waals surface area contributed by atoms with Gasteiger partial charge in [-0.1, -0.05) is 0 Å². The highest BCUT2D eigenvalue weighted by Crippen LogP contribution is 2.14. The Morgan fingerprint density at radius 2 is 2.36 bits per heavy atom. The van der Waals surface area contributed by atoms with Crippen LogP contribution in [-0.2, 0) is 4.79 Å². The van der Waals surface area contributed by atoms with Crippen molar-refractivity contribution in [2.45, 2.75) is 25.4 Å². The molecule has 1 saturated heterocycles. The average Bonchev–Trinajstić information content (AvgIpc) is 2.18. The van der Waals surface area contributed by atoms with Gasteiger partial charge in [0, 0.05) is 18.6 Å². The van der Waals surface area contributed by atoms with Gasteiger partial charge in [0.05, 0.1) is 6.54 Å². The summed E-state index contributed by atoms with van der Waals surface area (Å²) >= 11 is 0. The fourth-order valence-electron chi connectivity index (χ4n) is 1.45. The lowest BCUT2D eigenvalue weighted by molar-refractivity contribution is -0.119.